The van der Waals surface area contributed by atoms with Crippen LogP contribution in [0.15, 0.2) is 23.7 Å². The molecule has 16 heavy (non-hydrogen) atoms. The highest BCUT2D eigenvalue weighted by atomic mass is 32.1. The van der Waals surface area contributed by atoms with Crippen molar-refractivity contribution in [3.8, 4) is 0 Å². The van der Waals surface area contributed by atoms with Gasteiger partial charge in [-0.2, -0.15) is 0 Å². The highest BCUT2D eigenvalue weighted by Crippen LogP contribution is 2.25. The molecule has 2 rings (SSSR count). The van der Waals surface area contributed by atoms with Crippen LogP contribution in [-0.4, -0.2) is 17.6 Å². The van der Waals surface area contributed by atoms with Crippen molar-refractivity contribution >= 4 is 27.2 Å². The zero-order valence-corrected chi connectivity index (χ0v) is 10.4. The van der Waals surface area contributed by atoms with Crippen LogP contribution in [0, 0.1) is 5.92 Å². The van der Waals surface area contributed by atoms with Crippen LogP contribution < -0.4 is 11.1 Å². The van der Waals surface area contributed by atoms with Gasteiger partial charge < -0.3 is 11.1 Å². The second-order valence-electron chi connectivity index (χ2n) is 4.28. The van der Waals surface area contributed by atoms with E-state index in [9.17, 15) is 0 Å². The molecule has 0 aromatic carbocycles. The van der Waals surface area contributed by atoms with E-state index in [1.807, 2.05) is 12.3 Å². The summed E-state index contributed by atoms with van der Waals surface area (Å²) in [5.41, 5.74) is 6.00. The lowest BCUT2D eigenvalue weighted by Gasteiger charge is -2.16. The first-order valence-electron chi connectivity index (χ1n) is 5.50. The van der Waals surface area contributed by atoms with E-state index in [0.29, 0.717) is 5.92 Å². The van der Waals surface area contributed by atoms with Gasteiger partial charge in [-0.05, 0) is 23.4 Å². The van der Waals surface area contributed by atoms with E-state index in [4.69, 9.17) is 5.73 Å². The molecule has 2 aromatic heterocycles. The van der Waals surface area contributed by atoms with Crippen molar-refractivity contribution in [1.29, 1.82) is 0 Å². The summed E-state index contributed by atoms with van der Waals surface area (Å²) in [4.78, 5) is 4.35. The summed E-state index contributed by atoms with van der Waals surface area (Å²) in [6, 6.07) is 4.29. The van der Waals surface area contributed by atoms with E-state index >= 15 is 0 Å². The summed E-state index contributed by atoms with van der Waals surface area (Å²) in [6.07, 6.45) is 1.84. The molecule has 4 heteroatoms. The van der Waals surface area contributed by atoms with Gasteiger partial charge in [-0.25, -0.2) is 4.98 Å². The fourth-order valence-corrected chi connectivity index (χ4v) is 2.27. The zero-order valence-electron chi connectivity index (χ0n) is 9.60. The molecule has 0 spiro atoms. The average molecular weight is 235 g/mol. The molecule has 2 heterocycles. The van der Waals surface area contributed by atoms with Gasteiger partial charge in [0.25, 0.3) is 0 Å². The van der Waals surface area contributed by atoms with Gasteiger partial charge in [-0.1, -0.05) is 13.8 Å². The molecular weight excluding hydrogens is 218 g/mol. The summed E-state index contributed by atoms with van der Waals surface area (Å²) < 4.78 is 1.26. The lowest BCUT2D eigenvalue weighted by atomic mass is 10.1. The van der Waals surface area contributed by atoms with E-state index in [1.54, 1.807) is 11.3 Å². The van der Waals surface area contributed by atoms with E-state index in [-0.39, 0.29) is 6.04 Å². The number of anilines is 1. The summed E-state index contributed by atoms with van der Waals surface area (Å²) in [5.74, 6) is 1.42. The van der Waals surface area contributed by atoms with Crippen molar-refractivity contribution in [2.75, 3.05) is 11.9 Å². The molecule has 0 radical (unpaired) electrons. The monoisotopic (exact) mass is 235 g/mol. The fraction of sp³-hybridized carbons (Fsp3) is 0.417. The van der Waals surface area contributed by atoms with Crippen LogP contribution in [0.5, 0.6) is 0 Å². The van der Waals surface area contributed by atoms with Crippen LogP contribution in [-0.2, 0) is 0 Å². The predicted octanol–water partition coefficient (Wildman–Crippen LogP) is 2.69. The Morgan fingerprint density at radius 1 is 1.44 bits per heavy atom. The summed E-state index contributed by atoms with van der Waals surface area (Å²) in [6.45, 7) is 5.02. The minimum Gasteiger partial charge on any atom is -0.368 e. The van der Waals surface area contributed by atoms with Gasteiger partial charge >= 0.3 is 0 Å². The first-order valence-corrected chi connectivity index (χ1v) is 6.38. The van der Waals surface area contributed by atoms with Crippen molar-refractivity contribution in [3.63, 3.8) is 0 Å². The Kier molecular flexibility index (Phi) is 3.41. The van der Waals surface area contributed by atoms with Crippen molar-refractivity contribution in [1.82, 2.24) is 4.98 Å². The number of thiophene rings is 1. The van der Waals surface area contributed by atoms with E-state index < -0.39 is 0 Å². The van der Waals surface area contributed by atoms with Gasteiger partial charge in [0.1, 0.15) is 5.82 Å². The van der Waals surface area contributed by atoms with E-state index in [0.717, 1.165) is 12.4 Å². The van der Waals surface area contributed by atoms with Gasteiger partial charge in [0.05, 0.1) is 0 Å². The maximum atomic E-state index is 6.00. The number of hydrogen-bond acceptors (Lipinski definition) is 4. The summed E-state index contributed by atoms with van der Waals surface area (Å²) >= 11 is 1.73. The van der Waals surface area contributed by atoms with Gasteiger partial charge in [0.2, 0.25) is 0 Å². The number of nitrogens with zero attached hydrogens (tertiary/aromatic N) is 1. The van der Waals surface area contributed by atoms with Crippen molar-refractivity contribution in [2.45, 2.75) is 19.9 Å². The molecule has 1 unspecified atom stereocenters. The number of nitrogens with two attached hydrogens (primary N) is 1. The third-order valence-corrected chi connectivity index (χ3v) is 3.62. The predicted molar refractivity (Wildman–Crippen MR) is 70.9 cm³/mol. The molecule has 0 saturated carbocycles. The van der Waals surface area contributed by atoms with Crippen molar-refractivity contribution in [3.05, 3.63) is 23.7 Å². The van der Waals surface area contributed by atoms with E-state index in [1.165, 1.54) is 10.1 Å². The molecule has 0 amide bonds. The Labute approximate surface area is 99.7 Å². The lowest BCUT2D eigenvalue weighted by molar-refractivity contribution is 0.511. The highest BCUT2D eigenvalue weighted by molar-refractivity contribution is 7.17. The fourth-order valence-electron chi connectivity index (χ4n) is 1.49. The first-order chi connectivity index (χ1) is 7.68. The molecule has 0 saturated heterocycles. The molecule has 0 fully saturated rings. The summed E-state index contributed by atoms with van der Waals surface area (Å²) in [5, 5.41) is 6.59. The Balaban J connectivity index is 2.12. The minimum absolute atomic E-state index is 0.163. The van der Waals surface area contributed by atoms with Crippen LogP contribution >= 0.6 is 11.3 Å². The number of aromatic nitrogens is 1. The molecule has 0 aliphatic heterocycles. The average Bonchev–Trinajstić information content (AvgIpc) is 2.73. The third-order valence-electron chi connectivity index (χ3n) is 2.74. The summed E-state index contributed by atoms with van der Waals surface area (Å²) in [7, 11) is 0. The Bertz CT molecular complexity index is 464. The number of rotatable bonds is 4. The number of pyridine rings is 1. The SMILES string of the molecule is CC(C)C(N)CNc1nccc2sccc12. The standard InChI is InChI=1S/C12H17N3S/c1-8(2)10(13)7-15-12-9-4-6-16-11(9)3-5-14-12/h3-6,8,10H,7,13H2,1-2H3,(H,14,15). The van der Waals surface area contributed by atoms with Crippen molar-refractivity contribution in [2.24, 2.45) is 11.7 Å². The van der Waals surface area contributed by atoms with E-state index in [2.05, 4.69) is 35.6 Å². The topological polar surface area (TPSA) is 50.9 Å². The molecule has 3 nitrogen and oxygen atoms in total. The highest BCUT2D eigenvalue weighted by Gasteiger charge is 2.08. The van der Waals surface area contributed by atoms with Crippen LogP contribution in [0.2, 0.25) is 0 Å². The van der Waals surface area contributed by atoms with Gasteiger partial charge in [0.15, 0.2) is 0 Å². The molecular formula is C12H17N3S. The van der Waals surface area contributed by atoms with Crippen LogP contribution in [0.3, 0.4) is 0 Å². The Morgan fingerprint density at radius 2 is 2.25 bits per heavy atom. The molecule has 0 aliphatic carbocycles. The van der Waals surface area contributed by atoms with Gasteiger partial charge in [0, 0.05) is 28.9 Å². The third kappa shape index (κ3) is 2.33. The lowest BCUT2D eigenvalue weighted by Crippen LogP contribution is -2.34. The largest absolute Gasteiger partial charge is 0.368 e. The molecule has 86 valence electrons. The Hall–Kier alpha value is -1.13. The minimum atomic E-state index is 0.163. The van der Waals surface area contributed by atoms with Gasteiger partial charge in [-0.3, -0.25) is 0 Å². The Morgan fingerprint density at radius 3 is 3.00 bits per heavy atom. The molecule has 2 aromatic rings. The molecule has 0 aliphatic rings. The second-order valence-corrected chi connectivity index (χ2v) is 5.23. The first kappa shape index (κ1) is 11.4. The number of fused-ring (bicyclic) bond motifs is 1. The molecule has 0 bridgehead atoms. The van der Waals surface area contributed by atoms with Gasteiger partial charge in [-0.15, -0.1) is 11.3 Å². The number of nitrogens with one attached hydrogen (secondary N) is 1. The maximum Gasteiger partial charge on any atom is 0.134 e. The number of hydrogen-bond donors (Lipinski definition) is 2. The second kappa shape index (κ2) is 4.80. The van der Waals surface area contributed by atoms with Crippen LogP contribution in [0.25, 0.3) is 10.1 Å². The maximum absolute atomic E-state index is 6.00. The van der Waals surface area contributed by atoms with Crippen LogP contribution in [0.4, 0.5) is 5.82 Å². The quantitative estimate of drug-likeness (QED) is 0.856. The smallest absolute Gasteiger partial charge is 0.134 e. The normalized spacial score (nSPS) is 13.2. The zero-order chi connectivity index (χ0) is 11.5. The molecule has 3 N–H and O–H groups in total. The van der Waals surface area contributed by atoms with Crippen molar-refractivity contribution < 1.29 is 0 Å². The molecule has 1 atom stereocenters. The van der Waals surface area contributed by atoms with Crippen LogP contribution in [0.1, 0.15) is 13.8 Å².